The molecule has 0 bridgehead atoms. The summed E-state index contributed by atoms with van der Waals surface area (Å²) < 4.78 is 6.47. The van der Waals surface area contributed by atoms with Gasteiger partial charge < -0.3 is 9.76 Å². The molecule has 5 heavy (non-hydrogen) atoms. The Morgan fingerprint density at radius 1 is 1.40 bits per heavy atom. The van der Waals surface area contributed by atoms with Crippen LogP contribution in [-0.2, 0) is 0 Å². The molecule has 0 aliphatic carbocycles. The van der Waals surface area contributed by atoms with Crippen molar-refractivity contribution in [3.8, 4) is 0 Å². The zero-order valence-electron chi connectivity index (χ0n) is 6.03. The van der Waals surface area contributed by atoms with Crippen LogP contribution in [-0.4, -0.2) is 47.9 Å². The molecule has 0 aromatic rings. The summed E-state index contributed by atoms with van der Waals surface area (Å²) in [7, 11) is 0. The van der Waals surface area contributed by atoms with Crippen molar-refractivity contribution in [2.45, 2.75) is 0 Å². The van der Waals surface area contributed by atoms with Gasteiger partial charge in [0.25, 0.3) is 0 Å². The summed E-state index contributed by atoms with van der Waals surface area (Å²) in [5, 5.41) is 0. The monoisotopic (exact) mass is 152 g/mol. The van der Waals surface area contributed by atoms with Crippen LogP contribution in [0.2, 0.25) is 0 Å². The molecule has 5 heteroatoms. The third-order valence-corrected chi connectivity index (χ3v) is 0. The van der Waals surface area contributed by atoms with Crippen molar-refractivity contribution in [2.75, 3.05) is 0 Å². The molecule has 0 aliphatic heterocycles. The van der Waals surface area contributed by atoms with Crippen molar-refractivity contribution in [1.82, 2.24) is 0 Å². The summed E-state index contributed by atoms with van der Waals surface area (Å²) in [5.74, 6) is 0. The smallest absolute Gasteiger partial charge is 1.00 e. The zero-order chi connectivity index (χ0) is 2.00. The predicted octanol–water partition coefficient (Wildman–Crippen LogP) is -3.73. The van der Waals surface area contributed by atoms with E-state index in [9.17, 15) is 0 Å². The summed E-state index contributed by atoms with van der Waals surface area (Å²) in [6.45, 7) is 0. The van der Waals surface area contributed by atoms with E-state index < -0.39 is 0 Å². The van der Waals surface area contributed by atoms with Gasteiger partial charge in [-0.15, -0.1) is 0 Å². The van der Waals surface area contributed by atoms with Crippen LogP contribution >= 0.6 is 11.9 Å². The molecule has 0 unspecified atom stereocenters. The third kappa shape index (κ3) is 19.2. The fourth-order valence-corrected chi connectivity index (χ4v) is 0. The second kappa shape index (κ2) is 27.5. The van der Waals surface area contributed by atoms with Gasteiger partial charge in [0.1, 0.15) is 0 Å². The normalized spacial score (nSPS) is 1.20. The van der Waals surface area contributed by atoms with E-state index in [4.69, 9.17) is 4.66 Å². The summed E-state index contributed by atoms with van der Waals surface area (Å²) >= 11 is 3.64. The molecular formula is H6CaClKO2. The Bertz CT molecular complexity index is 17.2. The quantitative estimate of drug-likeness (QED) is 0.357. The second-order valence-corrected chi connectivity index (χ2v) is 0. The van der Waals surface area contributed by atoms with Crippen LogP contribution in [0.5, 0.6) is 0 Å². The Morgan fingerprint density at radius 3 is 1.40 bits per heavy atom. The molecule has 0 saturated carbocycles. The minimum absolute atomic E-state index is 0. The summed E-state index contributed by atoms with van der Waals surface area (Å²) in [5.41, 5.74) is 0. The van der Waals surface area contributed by atoms with Crippen molar-refractivity contribution >= 4 is 49.6 Å². The van der Waals surface area contributed by atoms with Crippen molar-refractivity contribution in [1.29, 1.82) is 0 Å². The molecule has 0 aromatic carbocycles. The van der Waals surface area contributed by atoms with E-state index in [1.165, 1.54) is 0 Å². The molecule has 0 radical (unpaired) electrons. The van der Waals surface area contributed by atoms with Gasteiger partial charge in [-0.3, -0.25) is 4.66 Å². The second-order valence-electron chi connectivity index (χ2n) is 0. The van der Waals surface area contributed by atoms with E-state index in [1.54, 1.807) is 0 Å². The molecule has 0 fully saturated rings. The van der Waals surface area contributed by atoms with Crippen LogP contribution in [0.1, 0.15) is 4.28 Å². The molecule has 0 spiro atoms. The maximum absolute atomic E-state index is 6.47. The maximum atomic E-state index is 6.47. The predicted molar refractivity (Wildman–Crippen MR) is 20.8 cm³/mol. The minimum atomic E-state index is 0. The Kier molecular flexibility index (Phi) is 133. The topological polar surface area (TPSA) is 51.7 Å². The molecule has 0 aliphatic rings. The number of hydrogen-bond donors (Lipinski definition) is 1. The van der Waals surface area contributed by atoms with Gasteiger partial charge in [0.15, 0.2) is 0 Å². The van der Waals surface area contributed by atoms with E-state index in [-0.39, 0.29) is 98.9 Å². The molecule has 0 rings (SSSR count). The number of rotatable bonds is 0. The first-order chi connectivity index (χ1) is 1.00. The van der Waals surface area contributed by atoms with Crippen LogP contribution in [0.4, 0.5) is 0 Å². The van der Waals surface area contributed by atoms with E-state index in [2.05, 4.69) is 11.9 Å². The van der Waals surface area contributed by atoms with Crippen molar-refractivity contribution in [3.63, 3.8) is 0 Å². The van der Waals surface area contributed by atoms with Gasteiger partial charge >= 0.3 is 89.1 Å². The van der Waals surface area contributed by atoms with Gasteiger partial charge in [-0.1, -0.05) is 0 Å². The van der Waals surface area contributed by atoms with Crippen LogP contribution < -0.4 is 51.4 Å². The standard InChI is InChI=1S/Ca.ClHO.K.H2O.3H/c;1-2;;;;;/h;2H;;1H2;;;/q+2;;+1;;3*-1. The molecule has 3 N–H and O–H groups in total. The van der Waals surface area contributed by atoms with Gasteiger partial charge in [-0.25, -0.2) is 0 Å². The maximum Gasteiger partial charge on any atom is 2.00 e. The van der Waals surface area contributed by atoms with E-state index in [0.29, 0.717) is 0 Å². The molecule has 0 heterocycles. The SMILES string of the molecule is O.OCl.[Ca+2].[H-].[H-].[H-].[K+]. The Hall–Kier alpha value is 3.11. The summed E-state index contributed by atoms with van der Waals surface area (Å²) in [4.78, 5) is 0. The first kappa shape index (κ1) is 24.3. The van der Waals surface area contributed by atoms with Gasteiger partial charge in [-0.05, 0) is 0 Å². The Balaban J connectivity index is -0.000000000333. The molecule has 0 amide bonds. The average molecular weight is 153 g/mol. The fraction of sp³-hybridized carbons (Fsp3) is 0. The van der Waals surface area contributed by atoms with Gasteiger partial charge in [0, 0.05) is 0 Å². The van der Waals surface area contributed by atoms with E-state index in [0.717, 1.165) is 0 Å². The Labute approximate surface area is 113 Å². The molecular weight excluding hydrogens is 147 g/mol. The largest absolute Gasteiger partial charge is 2.00 e. The third-order valence-electron chi connectivity index (χ3n) is 0. The number of hydrogen-bond acceptors (Lipinski definition) is 1. The van der Waals surface area contributed by atoms with Crippen molar-refractivity contribution in [2.24, 2.45) is 0 Å². The molecule has 2 nitrogen and oxygen atoms in total. The van der Waals surface area contributed by atoms with E-state index in [1.807, 2.05) is 0 Å². The van der Waals surface area contributed by atoms with Crippen LogP contribution in [0, 0.1) is 0 Å². The van der Waals surface area contributed by atoms with Crippen LogP contribution in [0.15, 0.2) is 0 Å². The molecule has 28 valence electrons. The number of halogens is 1. The van der Waals surface area contributed by atoms with Gasteiger partial charge in [0.05, 0.1) is 11.9 Å². The summed E-state index contributed by atoms with van der Waals surface area (Å²) in [6.07, 6.45) is 0. The average Bonchev–Trinajstić information content (AvgIpc) is 1.00. The van der Waals surface area contributed by atoms with Crippen molar-refractivity contribution < 1.29 is 65.8 Å². The van der Waals surface area contributed by atoms with Gasteiger partial charge in [-0.2, -0.15) is 0 Å². The van der Waals surface area contributed by atoms with E-state index >= 15 is 0 Å². The zero-order valence-corrected chi connectivity index (χ0v) is 9.12. The molecule has 0 saturated heterocycles. The molecule has 0 atom stereocenters. The van der Waals surface area contributed by atoms with Crippen LogP contribution in [0.25, 0.3) is 0 Å². The molecule has 0 aromatic heterocycles. The van der Waals surface area contributed by atoms with Crippen molar-refractivity contribution in [3.05, 3.63) is 0 Å². The van der Waals surface area contributed by atoms with Gasteiger partial charge in [0.2, 0.25) is 0 Å². The Morgan fingerprint density at radius 2 is 1.40 bits per heavy atom. The minimum Gasteiger partial charge on any atom is -1.00 e. The van der Waals surface area contributed by atoms with Crippen LogP contribution in [0.3, 0.4) is 0 Å². The first-order valence-corrected chi connectivity index (χ1v) is 0.507. The first-order valence-electron chi connectivity index (χ1n) is 0.169. The summed E-state index contributed by atoms with van der Waals surface area (Å²) in [6, 6.07) is 0. The fourth-order valence-electron chi connectivity index (χ4n) is 0.